The van der Waals surface area contributed by atoms with Gasteiger partial charge in [-0.1, -0.05) is 30.3 Å². The van der Waals surface area contributed by atoms with E-state index in [9.17, 15) is 9.59 Å². The predicted octanol–water partition coefficient (Wildman–Crippen LogP) is 0.197. The number of benzene rings is 1. The first kappa shape index (κ1) is 9.98. The molecule has 4 N–H and O–H groups in total. The SMILES string of the molecule is NC(=O)/C(N)=C/C(=O)c1ccccc1. The number of carbonyl (C=O) groups excluding carboxylic acids is 2. The second kappa shape index (κ2) is 4.23. The Hall–Kier alpha value is -2.10. The summed E-state index contributed by atoms with van der Waals surface area (Å²) in [4.78, 5) is 21.9. The number of ketones is 1. The number of allylic oxidation sites excluding steroid dienone is 1. The zero-order chi connectivity index (χ0) is 10.6. The summed E-state index contributed by atoms with van der Waals surface area (Å²) in [6, 6.07) is 8.50. The second-order valence-corrected chi connectivity index (χ2v) is 2.69. The molecule has 0 heterocycles. The lowest BCUT2D eigenvalue weighted by Crippen LogP contribution is -2.21. The van der Waals surface area contributed by atoms with Crippen LogP contribution in [-0.4, -0.2) is 11.7 Å². The number of hydrogen-bond donors (Lipinski definition) is 2. The number of carbonyl (C=O) groups is 2. The van der Waals surface area contributed by atoms with Gasteiger partial charge in [0.1, 0.15) is 5.70 Å². The van der Waals surface area contributed by atoms with E-state index in [1.54, 1.807) is 30.3 Å². The summed E-state index contributed by atoms with van der Waals surface area (Å²) in [6.45, 7) is 0. The van der Waals surface area contributed by atoms with Gasteiger partial charge in [-0.2, -0.15) is 0 Å². The molecule has 1 aromatic rings. The van der Waals surface area contributed by atoms with Gasteiger partial charge in [0, 0.05) is 11.6 Å². The van der Waals surface area contributed by atoms with Crippen molar-refractivity contribution in [1.29, 1.82) is 0 Å². The van der Waals surface area contributed by atoms with Crippen molar-refractivity contribution in [3.63, 3.8) is 0 Å². The van der Waals surface area contributed by atoms with E-state index >= 15 is 0 Å². The van der Waals surface area contributed by atoms with E-state index in [2.05, 4.69) is 0 Å². The number of nitrogens with two attached hydrogens (primary N) is 2. The fraction of sp³-hybridized carbons (Fsp3) is 0. The topological polar surface area (TPSA) is 86.2 Å². The zero-order valence-corrected chi connectivity index (χ0v) is 7.44. The number of hydrogen-bond acceptors (Lipinski definition) is 3. The van der Waals surface area contributed by atoms with Crippen molar-refractivity contribution in [1.82, 2.24) is 0 Å². The van der Waals surface area contributed by atoms with Gasteiger partial charge in [-0.15, -0.1) is 0 Å². The zero-order valence-electron chi connectivity index (χ0n) is 7.44. The average molecular weight is 190 g/mol. The first-order chi connectivity index (χ1) is 6.61. The molecule has 1 aromatic carbocycles. The highest BCUT2D eigenvalue weighted by molar-refractivity contribution is 6.08. The Kier molecular flexibility index (Phi) is 3.01. The molecule has 0 unspecified atom stereocenters. The van der Waals surface area contributed by atoms with Crippen LogP contribution < -0.4 is 11.5 Å². The second-order valence-electron chi connectivity index (χ2n) is 2.69. The van der Waals surface area contributed by atoms with Crippen molar-refractivity contribution in [3.8, 4) is 0 Å². The van der Waals surface area contributed by atoms with Crippen molar-refractivity contribution in [2.75, 3.05) is 0 Å². The minimum absolute atomic E-state index is 0.237. The average Bonchev–Trinajstić information content (AvgIpc) is 2.19. The smallest absolute Gasteiger partial charge is 0.264 e. The number of rotatable bonds is 3. The lowest BCUT2D eigenvalue weighted by Gasteiger charge is -1.96. The van der Waals surface area contributed by atoms with Crippen molar-refractivity contribution in [3.05, 3.63) is 47.7 Å². The van der Waals surface area contributed by atoms with Gasteiger partial charge in [-0.25, -0.2) is 0 Å². The summed E-state index contributed by atoms with van der Waals surface area (Å²) in [6.07, 6.45) is 1.03. The van der Waals surface area contributed by atoms with E-state index < -0.39 is 5.91 Å². The summed E-state index contributed by atoms with van der Waals surface area (Å²) in [7, 11) is 0. The van der Waals surface area contributed by atoms with Crippen LogP contribution in [0.4, 0.5) is 0 Å². The Morgan fingerprint density at radius 3 is 2.14 bits per heavy atom. The van der Waals surface area contributed by atoms with Gasteiger partial charge >= 0.3 is 0 Å². The Morgan fingerprint density at radius 1 is 1.07 bits per heavy atom. The molecule has 14 heavy (non-hydrogen) atoms. The molecule has 0 atom stereocenters. The molecule has 0 spiro atoms. The summed E-state index contributed by atoms with van der Waals surface area (Å²) in [5.41, 5.74) is 10.3. The van der Waals surface area contributed by atoms with Gasteiger partial charge in [-0.3, -0.25) is 9.59 Å². The van der Waals surface area contributed by atoms with Crippen LogP contribution >= 0.6 is 0 Å². The van der Waals surface area contributed by atoms with Crippen LogP contribution in [0.1, 0.15) is 10.4 Å². The van der Waals surface area contributed by atoms with Gasteiger partial charge in [0.05, 0.1) is 0 Å². The van der Waals surface area contributed by atoms with Gasteiger partial charge in [0.25, 0.3) is 5.91 Å². The highest BCUT2D eigenvalue weighted by atomic mass is 16.1. The molecule has 0 aliphatic rings. The van der Waals surface area contributed by atoms with Crippen molar-refractivity contribution in [2.24, 2.45) is 11.5 Å². The van der Waals surface area contributed by atoms with E-state index in [-0.39, 0.29) is 11.5 Å². The maximum absolute atomic E-state index is 11.4. The Labute approximate surface area is 81.2 Å². The molecule has 0 aromatic heterocycles. The van der Waals surface area contributed by atoms with E-state index in [0.717, 1.165) is 6.08 Å². The molecule has 4 nitrogen and oxygen atoms in total. The van der Waals surface area contributed by atoms with Crippen LogP contribution in [-0.2, 0) is 4.79 Å². The van der Waals surface area contributed by atoms with Crippen molar-refractivity contribution < 1.29 is 9.59 Å². The van der Waals surface area contributed by atoms with Crippen LogP contribution in [0.15, 0.2) is 42.1 Å². The molecule has 0 radical (unpaired) electrons. The normalized spacial score (nSPS) is 11.0. The Bertz CT molecular complexity index is 382. The highest BCUT2D eigenvalue weighted by Gasteiger charge is 2.04. The van der Waals surface area contributed by atoms with E-state index in [1.807, 2.05) is 0 Å². The lowest BCUT2D eigenvalue weighted by atomic mass is 10.1. The molecule has 0 saturated heterocycles. The first-order valence-corrected chi connectivity index (χ1v) is 3.97. The molecular weight excluding hydrogens is 180 g/mol. The van der Waals surface area contributed by atoms with Crippen LogP contribution in [0.5, 0.6) is 0 Å². The molecular formula is C10H10N2O2. The van der Waals surface area contributed by atoms with Crippen LogP contribution in [0, 0.1) is 0 Å². The highest BCUT2D eigenvalue weighted by Crippen LogP contribution is 2.01. The molecule has 1 rings (SSSR count). The van der Waals surface area contributed by atoms with Crippen LogP contribution in [0.25, 0.3) is 0 Å². The molecule has 4 heteroatoms. The fourth-order valence-electron chi connectivity index (χ4n) is 0.898. The lowest BCUT2D eigenvalue weighted by molar-refractivity contribution is -0.114. The quantitative estimate of drug-likeness (QED) is 0.527. The van der Waals surface area contributed by atoms with Crippen molar-refractivity contribution in [2.45, 2.75) is 0 Å². The summed E-state index contributed by atoms with van der Waals surface area (Å²) < 4.78 is 0. The minimum atomic E-state index is -0.797. The van der Waals surface area contributed by atoms with Crippen LogP contribution in [0.2, 0.25) is 0 Å². The summed E-state index contributed by atoms with van der Waals surface area (Å²) in [5, 5.41) is 0. The largest absolute Gasteiger partial charge is 0.394 e. The molecule has 0 aliphatic heterocycles. The maximum atomic E-state index is 11.4. The Morgan fingerprint density at radius 2 is 1.64 bits per heavy atom. The molecule has 0 aliphatic carbocycles. The van der Waals surface area contributed by atoms with E-state index in [1.165, 1.54) is 0 Å². The van der Waals surface area contributed by atoms with Gasteiger partial charge < -0.3 is 11.5 Å². The van der Waals surface area contributed by atoms with Gasteiger partial charge in [-0.05, 0) is 0 Å². The minimum Gasteiger partial charge on any atom is -0.394 e. The fourth-order valence-corrected chi connectivity index (χ4v) is 0.898. The third kappa shape index (κ3) is 2.45. The first-order valence-electron chi connectivity index (χ1n) is 3.97. The molecule has 72 valence electrons. The monoisotopic (exact) mass is 190 g/mol. The predicted molar refractivity (Wildman–Crippen MR) is 52.2 cm³/mol. The summed E-state index contributed by atoms with van der Waals surface area (Å²) >= 11 is 0. The van der Waals surface area contributed by atoms with Gasteiger partial charge in [0.15, 0.2) is 5.78 Å². The molecule has 0 saturated carbocycles. The molecule has 0 fully saturated rings. The standard InChI is InChI=1S/C10H10N2O2/c11-8(10(12)14)6-9(13)7-4-2-1-3-5-7/h1-6H,11H2,(H2,12,14)/b8-6-. The van der Waals surface area contributed by atoms with Crippen molar-refractivity contribution >= 4 is 11.7 Å². The third-order valence-electron chi connectivity index (χ3n) is 1.63. The van der Waals surface area contributed by atoms with E-state index in [4.69, 9.17) is 11.5 Å². The molecule has 0 bridgehead atoms. The van der Waals surface area contributed by atoms with Crippen LogP contribution in [0.3, 0.4) is 0 Å². The van der Waals surface area contributed by atoms with E-state index in [0.29, 0.717) is 5.56 Å². The number of amides is 1. The Balaban J connectivity index is 2.88. The maximum Gasteiger partial charge on any atom is 0.264 e. The third-order valence-corrected chi connectivity index (χ3v) is 1.63. The number of primary amides is 1. The summed E-state index contributed by atoms with van der Waals surface area (Å²) in [5.74, 6) is -1.13. The molecule has 1 amide bonds. The van der Waals surface area contributed by atoms with Gasteiger partial charge in [0.2, 0.25) is 0 Å².